The average molecular weight is 283 g/mol. The molecule has 0 saturated carbocycles. The van der Waals surface area contributed by atoms with Crippen LogP contribution in [0.3, 0.4) is 0 Å². The van der Waals surface area contributed by atoms with Crippen molar-refractivity contribution in [1.82, 2.24) is 25.4 Å². The third kappa shape index (κ3) is 2.21. The van der Waals surface area contributed by atoms with Gasteiger partial charge in [0.1, 0.15) is 5.82 Å². The predicted molar refractivity (Wildman–Crippen MR) is 79.0 cm³/mol. The lowest BCUT2D eigenvalue weighted by molar-refractivity contribution is 0.320. The Morgan fingerprint density at radius 1 is 1.19 bits per heavy atom. The number of H-pyrrole nitrogens is 1. The van der Waals surface area contributed by atoms with E-state index in [0.29, 0.717) is 11.7 Å². The Morgan fingerprint density at radius 3 is 2.90 bits per heavy atom. The largest absolute Gasteiger partial charge is 0.342 e. The third-order valence-corrected chi connectivity index (χ3v) is 4.00. The highest BCUT2D eigenvalue weighted by Crippen LogP contribution is 2.28. The number of aryl methyl sites for hydroxylation is 1. The van der Waals surface area contributed by atoms with E-state index in [2.05, 4.69) is 25.4 Å². The summed E-state index contributed by atoms with van der Waals surface area (Å²) in [7, 11) is 0. The van der Waals surface area contributed by atoms with Crippen molar-refractivity contribution in [3.8, 4) is 11.4 Å². The number of imidazole rings is 1. The van der Waals surface area contributed by atoms with Crippen molar-refractivity contribution in [2.75, 3.05) is 13.1 Å². The molecule has 0 unspecified atom stereocenters. The fourth-order valence-electron chi connectivity index (χ4n) is 2.92. The number of para-hydroxylation sites is 1. The topological polar surface area (TPSA) is 79.6 Å². The van der Waals surface area contributed by atoms with Gasteiger partial charge in [0.2, 0.25) is 11.7 Å². The van der Waals surface area contributed by atoms with Gasteiger partial charge in [-0.15, -0.1) is 0 Å². The fourth-order valence-corrected chi connectivity index (χ4v) is 2.92. The summed E-state index contributed by atoms with van der Waals surface area (Å²) in [5.41, 5.74) is 2.81. The second kappa shape index (κ2) is 4.96. The summed E-state index contributed by atoms with van der Waals surface area (Å²) in [6.07, 6.45) is 2.10. The van der Waals surface area contributed by atoms with Gasteiger partial charge >= 0.3 is 0 Å². The van der Waals surface area contributed by atoms with Gasteiger partial charge < -0.3 is 14.8 Å². The third-order valence-electron chi connectivity index (χ3n) is 4.00. The second-order valence-corrected chi connectivity index (χ2v) is 5.50. The first-order valence-electron chi connectivity index (χ1n) is 7.31. The Balaban J connectivity index is 1.73. The summed E-state index contributed by atoms with van der Waals surface area (Å²) in [6.45, 7) is 3.97. The molecule has 1 aliphatic heterocycles. The van der Waals surface area contributed by atoms with Gasteiger partial charge in [-0.05, 0) is 45.0 Å². The minimum Gasteiger partial charge on any atom is -0.342 e. The van der Waals surface area contributed by atoms with E-state index < -0.39 is 0 Å². The zero-order valence-electron chi connectivity index (χ0n) is 11.9. The van der Waals surface area contributed by atoms with E-state index in [1.807, 2.05) is 25.1 Å². The van der Waals surface area contributed by atoms with E-state index >= 15 is 0 Å². The first-order chi connectivity index (χ1) is 10.3. The van der Waals surface area contributed by atoms with Crippen LogP contribution in [0, 0.1) is 6.92 Å². The van der Waals surface area contributed by atoms with E-state index in [1.165, 1.54) is 0 Å². The van der Waals surface area contributed by atoms with Gasteiger partial charge in [0, 0.05) is 5.92 Å². The highest BCUT2D eigenvalue weighted by Gasteiger charge is 2.22. The van der Waals surface area contributed by atoms with E-state index in [-0.39, 0.29) is 0 Å². The molecule has 1 aromatic carbocycles. The highest BCUT2D eigenvalue weighted by molar-refractivity contribution is 5.89. The van der Waals surface area contributed by atoms with E-state index in [0.717, 1.165) is 54.2 Å². The molecule has 6 heteroatoms. The zero-order chi connectivity index (χ0) is 14.2. The van der Waals surface area contributed by atoms with Crippen LogP contribution in [0.15, 0.2) is 22.7 Å². The molecule has 4 rings (SSSR count). The zero-order valence-corrected chi connectivity index (χ0v) is 11.9. The molecule has 0 aliphatic carbocycles. The molecular formula is C15H17N5O. The van der Waals surface area contributed by atoms with Crippen LogP contribution >= 0.6 is 0 Å². The van der Waals surface area contributed by atoms with Crippen LogP contribution in [-0.2, 0) is 0 Å². The SMILES string of the molecule is Cc1nc2c(-c3noc(C4CCNCC4)n3)cccc2[nH]1. The molecule has 0 spiro atoms. The Labute approximate surface area is 122 Å². The molecule has 0 bridgehead atoms. The van der Waals surface area contributed by atoms with Crippen LogP contribution in [-0.4, -0.2) is 33.2 Å². The molecule has 6 nitrogen and oxygen atoms in total. The summed E-state index contributed by atoms with van der Waals surface area (Å²) >= 11 is 0. The highest BCUT2D eigenvalue weighted by atomic mass is 16.5. The first kappa shape index (κ1) is 12.5. The normalized spacial score (nSPS) is 16.6. The minimum absolute atomic E-state index is 0.368. The van der Waals surface area contributed by atoms with Crippen molar-refractivity contribution in [2.45, 2.75) is 25.7 Å². The molecule has 1 saturated heterocycles. The first-order valence-corrected chi connectivity index (χ1v) is 7.31. The number of piperidine rings is 1. The molecule has 108 valence electrons. The van der Waals surface area contributed by atoms with Gasteiger partial charge in [-0.1, -0.05) is 11.2 Å². The number of aromatic amines is 1. The van der Waals surface area contributed by atoms with Gasteiger partial charge in [0.25, 0.3) is 0 Å². The summed E-state index contributed by atoms with van der Waals surface area (Å²) < 4.78 is 5.49. The molecule has 3 aromatic rings. The van der Waals surface area contributed by atoms with Gasteiger partial charge in [-0.25, -0.2) is 4.98 Å². The molecule has 2 N–H and O–H groups in total. The number of benzene rings is 1. The number of nitrogens with zero attached hydrogens (tertiary/aromatic N) is 3. The standard InChI is InChI=1S/C15H17N5O/c1-9-17-12-4-2-3-11(13(12)18-9)14-19-15(21-20-14)10-5-7-16-8-6-10/h2-4,10,16H,5-8H2,1H3,(H,17,18). The summed E-state index contributed by atoms with van der Waals surface area (Å²) in [5.74, 6) is 2.63. The summed E-state index contributed by atoms with van der Waals surface area (Å²) in [6, 6.07) is 5.97. The van der Waals surface area contributed by atoms with Crippen LogP contribution < -0.4 is 5.32 Å². The lowest BCUT2D eigenvalue weighted by atomic mass is 9.98. The maximum absolute atomic E-state index is 5.49. The average Bonchev–Trinajstić information content (AvgIpc) is 3.13. The van der Waals surface area contributed by atoms with Gasteiger partial charge in [-0.3, -0.25) is 0 Å². The summed E-state index contributed by atoms with van der Waals surface area (Å²) in [5, 5.41) is 7.51. The number of hydrogen-bond acceptors (Lipinski definition) is 5. The van der Waals surface area contributed by atoms with Crippen LogP contribution in [0.4, 0.5) is 0 Å². The Morgan fingerprint density at radius 2 is 2.05 bits per heavy atom. The molecule has 0 atom stereocenters. The van der Waals surface area contributed by atoms with Gasteiger partial charge in [0.15, 0.2) is 0 Å². The number of aromatic nitrogens is 4. The van der Waals surface area contributed by atoms with E-state index in [4.69, 9.17) is 4.52 Å². The van der Waals surface area contributed by atoms with Crippen molar-refractivity contribution in [3.05, 3.63) is 29.9 Å². The van der Waals surface area contributed by atoms with Crippen LogP contribution in [0.25, 0.3) is 22.4 Å². The van der Waals surface area contributed by atoms with E-state index in [9.17, 15) is 0 Å². The monoisotopic (exact) mass is 283 g/mol. The van der Waals surface area contributed by atoms with Gasteiger partial charge in [-0.2, -0.15) is 4.98 Å². The minimum atomic E-state index is 0.368. The second-order valence-electron chi connectivity index (χ2n) is 5.50. The van der Waals surface area contributed by atoms with Crippen LogP contribution in [0.1, 0.15) is 30.5 Å². The lowest BCUT2D eigenvalue weighted by Gasteiger charge is -2.18. The molecule has 0 radical (unpaired) electrons. The molecule has 3 heterocycles. The quantitative estimate of drug-likeness (QED) is 0.755. The Kier molecular flexibility index (Phi) is 2.96. The molecule has 1 fully saturated rings. The molecule has 1 aliphatic rings. The van der Waals surface area contributed by atoms with Crippen molar-refractivity contribution < 1.29 is 4.52 Å². The van der Waals surface area contributed by atoms with Crippen molar-refractivity contribution in [1.29, 1.82) is 0 Å². The van der Waals surface area contributed by atoms with Crippen molar-refractivity contribution in [3.63, 3.8) is 0 Å². The number of nitrogens with one attached hydrogen (secondary N) is 2. The molecule has 2 aromatic heterocycles. The number of hydrogen-bond donors (Lipinski definition) is 2. The van der Waals surface area contributed by atoms with Crippen molar-refractivity contribution >= 4 is 11.0 Å². The van der Waals surface area contributed by atoms with E-state index in [1.54, 1.807) is 0 Å². The number of fused-ring (bicyclic) bond motifs is 1. The van der Waals surface area contributed by atoms with Gasteiger partial charge in [0.05, 0.1) is 16.6 Å². The number of rotatable bonds is 2. The lowest BCUT2D eigenvalue weighted by Crippen LogP contribution is -2.26. The maximum Gasteiger partial charge on any atom is 0.230 e. The molecule has 21 heavy (non-hydrogen) atoms. The summed E-state index contributed by atoms with van der Waals surface area (Å²) in [4.78, 5) is 12.4. The maximum atomic E-state index is 5.49. The van der Waals surface area contributed by atoms with Crippen molar-refractivity contribution in [2.24, 2.45) is 0 Å². The van der Waals surface area contributed by atoms with Crippen LogP contribution in [0.5, 0.6) is 0 Å². The molecule has 0 amide bonds. The fraction of sp³-hybridized carbons (Fsp3) is 0.400. The predicted octanol–water partition coefficient (Wildman–Crippen LogP) is 2.39. The van der Waals surface area contributed by atoms with Crippen LogP contribution in [0.2, 0.25) is 0 Å². The smallest absolute Gasteiger partial charge is 0.230 e. The Hall–Kier alpha value is -2.21. The molecular weight excluding hydrogens is 266 g/mol. The Bertz CT molecular complexity index is 769.